The van der Waals surface area contributed by atoms with Gasteiger partial charge in [-0.3, -0.25) is 9.59 Å². The number of carbonyl (C=O) groups is 2. The molecule has 1 amide bonds. The highest BCUT2D eigenvalue weighted by Gasteiger charge is 2.53. The number of hydrogen-bond acceptors (Lipinski definition) is 4. The summed E-state index contributed by atoms with van der Waals surface area (Å²) in [6, 6.07) is 6.94. The lowest BCUT2D eigenvalue weighted by molar-refractivity contribution is -0.136. The molecule has 5 unspecified atom stereocenters. The van der Waals surface area contributed by atoms with Crippen molar-refractivity contribution < 1.29 is 14.3 Å². The third-order valence-electron chi connectivity index (χ3n) is 6.50. The van der Waals surface area contributed by atoms with Gasteiger partial charge in [0.25, 0.3) is 5.91 Å². The van der Waals surface area contributed by atoms with E-state index < -0.39 is 6.04 Å². The fourth-order valence-electron chi connectivity index (χ4n) is 4.85. The van der Waals surface area contributed by atoms with Crippen LogP contribution in [0.2, 0.25) is 5.02 Å². The maximum absolute atomic E-state index is 13.6. The van der Waals surface area contributed by atoms with Crippen LogP contribution >= 0.6 is 23.2 Å². The Morgan fingerprint density at radius 3 is 2.53 bits per heavy atom. The molecule has 2 heterocycles. The number of Topliss-reactive ketones (excluding diaryl/α,β-unsaturated/α-hetero) is 1. The lowest BCUT2D eigenvalue weighted by Gasteiger charge is -2.40. The molecule has 0 bridgehead atoms. The maximum Gasteiger partial charge on any atom is 0.290 e. The second-order valence-corrected chi connectivity index (χ2v) is 9.94. The molecule has 4 rings (SSSR count). The van der Waals surface area contributed by atoms with Gasteiger partial charge in [0.15, 0.2) is 11.5 Å². The van der Waals surface area contributed by atoms with Crippen molar-refractivity contribution in [3.8, 4) is 0 Å². The Kier molecular flexibility index (Phi) is 6.16. The lowest BCUT2D eigenvalue weighted by Crippen LogP contribution is -2.44. The molecule has 2 aliphatic heterocycles. The summed E-state index contributed by atoms with van der Waals surface area (Å²) in [6.45, 7) is 3.48. The average molecular weight is 451 g/mol. The summed E-state index contributed by atoms with van der Waals surface area (Å²) >= 11 is 12.6. The Morgan fingerprint density at radius 1 is 1.17 bits per heavy atom. The zero-order valence-corrected chi connectivity index (χ0v) is 19.1. The van der Waals surface area contributed by atoms with E-state index in [1.54, 1.807) is 17.0 Å². The molecule has 0 N–H and O–H groups in total. The maximum atomic E-state index is 13.6. The van der Waals surface area contributed by atoms with Crippen LogP contribution in [0.3, 0.4) is 0 Å². The minimum absolute atomic E-state index is 0.0159. The first-order valence-electron chi connectivity index (χ1n) is 10.6. The van der Waals surface area contributed by atoms with Gasteiger partial charge >= 0.3 is 0 Å². The predicted molar refractivity (Wildman–Crippen MR) is 118 cm³/mol. The van der Waals surface area contributed by atoms with Crippen molar-refractivity contribution in [3.05, 3.63) is 46.2 Å². The molecule has 5 nitrogen and oxygen atoms in total. The monoisotopic (exact) mass is 450 g/mol. The van der Waals surface area contributed by atoms with Crippen LogP contribution in [0, 0.1) is 11.8 Å². The van der Waals surface area contributed by atoms with Crippen molar-refractivity contribution in [2.45, 2.75) is 43.7 Å². The number of rotatable bonds is 5. The van der Waals surface area contributed by atoms with E-state index in [9.17, 15) is 9.59 Å². The summed E-state index contributed by atoms with van der Waals surface area (Å²) in [5.74, 6) is 0.0408. The molecular weight excluding hydrogens is 423 g/mol. The molecule has 3 aliphatic rings. The summed E-state index contributed by atoms with van der Waals surface area (Å²) in [6.07, 6.45) is 1.83. The van der Waals surface area contributed by atoms with Gasteiger partial charge < -0.3 is 14.5 Å². The Balaban J connectivity index is 1.70. The summed E-state index contributed by atoms with van der Waals surface area (Å²) in [5.41, 5.74) is 1.37. The second-order valence-electron chi connectivity index (χ2n) is 8.94. The molecule has 0 spiro atoms. The molecule has 1 saturated carbocycles. The number of ether oxygens (including phenoxy) is 1. The Labute approximate surface area is 187 Å². The number of benzene rings is 1. The van der Waals surface area contributed by atoms with Crippen LogP contribution in [0.25, 0.3) is 0 Å². The third kappa shape index (κ3) is 3.88. The molecule has 162 valence electrons. The van der Waals surface area contributed by atoms with Crippen LogP contribution in [0.5, 0.6) is 0 Å². The molecular formula is C23H28Cl2N2O3. The summed E-state index contributed by atoms with van der Waals surface area (Å²) < 4.78 is 6.22. The number of hydrogen-bond donors (Lipinski definition) is 0. The summed E-state index contributed by atoms with van der Waals surface area (Å²) in [5, 5.41) is 0.567. The van der Waals surface area contributed by atoms with Crippen molar-refractivity contribution in [2.24, 2.45) is 11.8 Å². The third-order valence-corrected chi connectivity index (χ3v) is 7.36. The van der Waals surface area contributed by atoms with Crippen LogP contribution in [0.15, 0.2) is 35.6 Å². The van der Waals surface area contributed by atoms with Gasteiger partial charge in [-0.05, 0) is 63.5 Å². The van der Waals surface area contributed by atoms with Gasteiger partial charge in [-0.1, -0.05) is 30.7 Å². The number of halogens is 2. The number of alkyl halides is 1. The van der Waals surface area contributed by atoms with E-state index in [2.05, 4.69) is 11.8 Å². The van der Waals surface area contributed by atoms with Gasteiger partial charge in [0, 0.05) is 16.9 Å². The molecule has 0 saturated heterocycles. The lowest BCUT2D eigenvalue weighted by atomic mass is 9.74. The van der Waals surface area contributed by atoms with Crippen LogP contribution in [-0.2, 0) is 14.3 Å². The SMILES string of the molecule is CC1CC2OC3=C(C(=O)C2CC1Cl)C(c1ccc(Cl)cc1)N(CCCN(C)C)C3=O. The second kappa shape index (κ2) is 8.52. The summed E-state index contributed by atoms with van der Waals surface area (Å²) in [4.78, 5) is 30.8. The van der Waals surface area contributed by atoms with Crippen molar-refractivity contribution in [3.63, 3.8) is 0 Å². The van der Waals surface area contributed by atoms with Crippen LogP contribution in [-0.4, -0.2) is 60.2 Å². The van der Waals surface area contributed by atoms with Crippen LogP contribution in [0.1, 0.15) is 37.8 Å². The first-order chi connectivity index (χ1) is 14.3. The molecule has 1 aromatic rings. The first-order valence-corrected chi connectivity index (χ1v) is 11.4. The molecule has 7 heteroatoms. The highest BCUT2D eigenvalue weighted by Crippen LogP contribution is 2.48. The molecule has 1 fully saturated rings. The largest absolute Gasteiger partial charge is 0.483 e. The van der Waals surface area contributed by atoms with E-state index in [0.29, 0.717) is 30.0 Å². The van der Waals surface area contributed by atoms with Gasteiger partial charge in [-0.25, -0.2) is 0 Å². The van der Waals surface area contributed by atoms with Gasteiger partial charge in [-0.15, -0.1) is 11.6 Å². The van der Waals surface area contributed by atoms with Crippen molar-refractivity contribution in [1.29, 1.82) is 0 Å². The van der Waals surface area contributed by atoms with E-state index in [4.69, 9.17) is 27.9 Å². The Bertz CT molecular complexity index is 868. The molecule has 1 aliphatic carbocycles. The average Bonchev–Trinajstić information content (AvgIpc) is 2.97. The van der Waals surface area contributed by atoms with Gasteiger partial charge in [0.1, 0.15) is 6.10 Å². The minimum atomic E-state index is -0.437. The number of carbonyl (C=O) groups excluding carboxylic acids is 2. The number of ketones is 1. The zero-order chi connectivity index (χ0) is 21.6. The van der Waals surface area contributed by atoms with E-state index >= 15 is 0 Å². The fraction of sp³-hybridized carbons (Fsp3) is 0.565. The van der Waals surface area contributed by atoms with E-state index in [1.807, 2.05) is 26.2 Å². The highest BCUT2D eigenvalue weighted by molar-refractivity contribution is 6.30. The topological polar surface area (TPSA) is 49.9 Å². The fourth-order valence-corrected chi connectivity index (χ4v) is 5.27. The van der Waals surface area contributed by atoms with E-state index in [-0.39, 0.29) is 40.8 Å². The quantitative estimate of drug-likeness (QED) is 0.634. The smallest absolute Gasteiger partial charge is 0.290 e. The molecule has 0 aromatic heterocycles. The first kappa shape index (κ1) is 21.7. The van der Waals surface area contributed by atoms with Crippen molar-refractivity contribution >= 4 is 34.9 Å². The summed E-state index contributed by atoms with van der Waals surface area (Å²) in [7, 11) is 4.01. The molecule has 1 aromatic carbocycles. The van der Waals surface area contributed by atoms with Gasteiger partial charge in [0.05, 0.1) is 17.5 Å². The number of amides is 1. The Hall–Kier alpha value is -1.56. The van der Waals surface area contributed by atoms with E-state index in [1.165, 1.54) is 0 Å². The zero-order valence-electron chi connectivity index (χ0n) is 17.6. The normalized spacial score (nSPS) is 31.1. The standard InChI is InChI=1S/C23H28Cl2N2O3/c1-13-11-18-16(12-17(13)25)21(28)19-20(14-5-7-15(24)8-6-14)27(10-4-9-26(2)3)23(29)22(19)30-18/h5-8,13,16-18,20H,4,9-12H2,1-3H3. The van der Waals surface area contributed by atoms with Crippen LogP contribution in [0.4, 0.5) is 0 Å². The molecule has 30 heavy (non-hydrogen) atoms. The Morgan fingerprint density at radius 2 is 1.87 bits per heavy atom. The highest BCUT2D eigenvalue weighted by atomic mass is 35.5. The minimum Gasteiger partial charge on any atom is -0.483 e. The van der Waals surface area contributed by atoms with Crippen molar-refractivity contribution in [1.82, 2.24) is 9.80 Å². The van der Waals surface area contributed by atoms with Crippen LogP contribution < -0.4 is 0 Å². The number of fused-ring (bicyclic) bond motifs is 1. The molecule has 0 radical (unpaired) electrons. The van der Waals surface area contributed by atoms with E-state index in [0.717, 1.165) is 18.5 Å². The number of nitrogens with zero attached hydrogens (tertiary/aromatic N) is 2. The van der Waals surface area contributed by atoms with Gasteiger partial charge in [0.2, 0.25) is 0 Å². The molecule has 5 atom stereocenters. The van der Waals surface area contributed by atoms with Crippen molar-refractivity contribution in [2.75, 3.05) is 27.2 Å². The predicted octanol–water partition coefficient (Wildman–Crippen LogP) is 4.05. The van der Waals surface area contributed by atoms with Gasteiger partial charge in [-0.2, -0.15) is 0 Å².